The highest BCUT2D eigenvalue weighted by atomic mass is 35.5. The van der Waals surface area contributed by atoms with Crippen molar-refractivity contribution >= 4 is 42.9 Å². The molecule has 2 saturated heterocycles. The average molecular weight is 425 g/mol. The summed E-state index contributed by atoms with van der Waals surface area (Å²) in [7, 11) is 0. The summed E-state index contributed by atoms with van der Waals surface area (Å²) in [6.45, 7) is 6.79. The van der Waals surface area contributed by atoms with Crippen molar-refractivity contribution in [2.45, 2.75) is 44.2 Å². The van der Waals surface area contributed by atoms with E-state index in [1.165, 1.54) is 50.9 Å². The van der Waals surface area contributed by atoms with Crippen molar-refractivity contribution in [1.29, 1.82) is 0 Å². The molecule has 0 radical (unpaired) electrons. The number of rotatable bonds is 4. The predicted molar refractivity (Wildman–Crippen MR) is 116 cm³/mol. The Morgan fingerprint density at radius 3 is 1.96 bits per heavy atom. The molecule has 0 atom stereocenters. The zero-order valence-corrected chi connectivity index (χ0v) is 17.7. The van der Waals surface area contributed by atoms with Crippen LogP contribution in [0.25, 0.3) is 0 Å². The van der Waals surface area contributed by atoms with Crippen molar-refractivity contribution in [1.82, 2.24) is 10.2 Å². The van der Waals surface area contributed by atoms with Gasteiger partial charge >= 0.3 is 0 Å². The van der Waals surface area contributed by atoms with Crippen LogP contribution in [0.2, 0.25) is 0 Å². The van der Waals surface area contributed by atoms with Crippen LogP contribution < -0.4 is 15.0 Å². The van der Waals surface area contributed by atoms with Gasteiger partial charge in [0.2, 0.25) is 0 Å². The van der Waals surface area contributed by atoms with Crippen molar-refractivity contribution in [2.24, 2.45) is 0 Å². The Kier molecular flexibility index (Phi) is 10.4. The lowest BCUT2D eigenvalue weighted by Crippen LogP contribution is -2.46. The number of hydrogen-bond donors (Lipinski definition) is 1. The molecular weight excluding hydrogens is 393 g/mol. The van der Waals surface area contributed by atoms with Gasteiger partial charge in [-0.2, -0.15) is 0 Å². The van der Waals surface area contributed by atoms with E-state index in [0.717, 1.165) is 38.0 Å². The average Bonchev–Trinajstić information content (AvgIpc) is 2.57. The highest BCUT2D eigenvalue weighted by Crippen LogP contribution is 2.29. The molecule has 0 amide bonds. The molecule has 3 fully saturated rings. The predicted octanol–water partition coefficient (Wildman–Crippen LogP) is 3.76. The van der Waals surface area contributed by atoms with E-state index in [1.807, 2.05) is 0 Å². The quantitative estimate of drug-likeness (QED) is 0.796. The maximum atomic E-state index is 6.22. The summed E-state index contributed by atoms with van der Waals surface area (Å²) in [5.74, 6) is 1.03. The van der Waals surface area contributed by atoms with Gasteiger partial charge < -0.3 is 19.9 Å². The molecule has 26 heavy (non-hydrogen) atoms. The Labute approximate surface area is 176 Å². The molecular formula is C19H32Cl3N3O. The molecule has 0 unspecified atom stereocenters. The van der Waals surface area contributed by atoms with Gasteiger partial charge in [0, 0.05) is 51.0 Å². The van der Waals surface area contributed by atoms with Gasteiger partial charge in [0.25, 0.3) is 0 Å². The van der Waals surface area contributed by atoms with Gasteiger partial charge in [0.05, 0.1) is 0 Å². The molecule has 0 aromatic heterocycles. The van der Waals surface area contributed by atoms with Crippen LogP contribution in [0.1, 0.15) is 32.1 Å². The number of piperazine rings is 1. The largest absolute Gasteiger partial charge is 0.490 e. The molecule has 2 aliphatic heterocycles. The minimum absolute atomic E-state index is 0. The lowest BCUT2D eigenvalue weighted by Gasteiger charge is -2.41. The maximum absolute atomic E-state index is 6.22. The number of piperidine rings is 1. The summed E-state index contributed by atoms with van der Waals surface area (Å²) in [5, 5.41) is 3.40. The number of ether oxygens (including phenoxy) is 1. The van der Waals surface area contributed by atoms with E-state index in [1.54, 1.807) is 0 Å². The Hall–Kier alpha value is -0.390. The van der Waals surface area contributed by atoms with E-state index in [-0.39, 0.29) is 37.2 Å². The number of benzene rings is 1. The maximum Gasteiger partial charge on any atom is 0.119 e. The zero-order chi connectivity index (χ0) is 15.5. The summed E-state index contributed by atoms with van der Waals surface area (Å²) in [5.41, 5.74) is 1.32. The first kappa shape index (κ1) is 23.6. The normalized spacial score (nSPS) is 21.6. The second-order valence-corrected chi connectivity index (χ2v) is 7.17. The van der Waals surface area contributed by atoms with E-state index in [4.69, 9.17) is 4.74 Å². The Morgan fingerprint density at radius 1 is 0.808 bits per heavy atom. The minimum Gasteiger partial charge on any atom is -0.490 e. The Bertz CT molecular complexity index is 499. The van der Waals surface area contributed by atoms with Crippen LogP contribution in [-0.4, -0.2) is 56.3 Å². The van der Waals surface area contributed by atoms with Crippen molar-refractivity contribution in [2.75, 3.05) is 44.2 Å². The van der Waals surface area contributed by atoms with Gasteiger partial charge in [-0.25, -0.2) is 0 Å². The van der Waals surface area contributed by atoms with Gasteiger partial charge in [-0.3, -0.25) is 0 Å². The molecule has 3 aliphatic rings. The molecule has 150 valence electrons. The molecule has 1 aliphatic carbocycles. The summed E-state index contributed by atoms with van der Waals surface area (Å²) in [4.78, 5) is 5.12. The Balaban J connectivity index is 0.00000113. The lowest BCUT2D eigenvalue weighted by molar-refractivity contribution is 0.0493. The van der Waals surface area contributed by atoms with Crippen LogP contribution in [0.5, 0.6) is 5.75 Å². The topological polar surface area (TPSA) is 27.7 Å². The molecule has 0 bridgehead atoms. The van der Waals surface area contributed by atoms with Gasteiger partial charge in [-0.05, 0) is 49.9 Å². The van der Waals surface area contributed by atoms with Crippen molar-refractivity contribution in [3.05, 3.63) is 24.3 Å². The van der Waals surface area contributed by atoms with Gasteiger partial charge in [-0.1, -0.05) is 6.42 Å². The van der Waals surface area contributed by atoms with Crippen molar-refractivity contribution < 1.29 is 4.74 Å². The first-order chi connectivity index (χ1) is 11.4. The molecule has 1 N–H and O–H groups in total. The highest BCUT2D eigenvalue weighted by Gasteiger charge is 2.29. The number of likely N-dealkylation sites (tertiary alicyclic amines) is 1. The fourth-order valence-electron chi connectivity index (χ4n) is 3.96. The first-order valence-electron chi connectivity index (χ1n) is 9.35. The molecule has 1 aromatic carbocycles. The minimum atomic E-state index is 0. The van der Waals surface area contributed by atoms with Gasteiger partial charge in [-0.15, -0.1) is 37.2 Å². The van der Waals surface area contributed by atoms with E-state index in [0.29, 0.717) is 6.10 Å². The van der Waals surface area contributed by atoms with E-state index < -0.39 is 0 Å². The fraction of sp³-hybridized carbons (Fsp3) is 0.684. The summed E-state index contributed by atoms with van der Waals surface area (Å²) in [6.07, 6.45) is 7.02. The lowest BCUT2D eigenvalue weighted by atomic mass is 9.90. The van der Waals surface area contributed by atoms with Crippen molar-refractivity contribution in [3.63, 3.8) is 0 Å². The van der Waals surface area contributed by atoms with Crippen molar-refractivity contribution in [3.8, 4) is 5.75 Å². The number of nitrogens with one attached hydrogen (secondary N) is 1. The molecule has 0 spiro atoms. The number of anilines is 1. The second kappa shape index (κ2) is 11.5. The third-order valence-corrected chi connectivity index (χ3v) is 5.69. The third-order valence-electron chi connectivity index (χ3n) is 5.69. The molecule has 7 heteroatoms. The van der Waals surface area contributed by atoms with E-state index in [2.05, 4.69) is 39.4 Å². The van der Waals surface area contributed by atoms with Crippen LogP contribution in [0.3, 0.4) is 0 Å². The first-order valence-corrected chi connectivity index (χ1v) is 9.35. The van der Waals surface area contributed by atoms with Crippen LogP contribution in [0, 0.1) is 0 Å². The molecule has 1 saturated carbocycles. The Morgan fingerprint density at radius 2 is 1.42 bits per heavy atom. The number of halogens is 3. The fourth-order valence-corrected chi connectivity index (χ4v) is 3.96. The highest BCUT2D eigenvalue weighted by molar-refractivity contribution is 5.86. The zero-order valence-electron chi connectivity index (χ0n) is 15.3. The summed E-state index contributed by atoms with van der Waals surface area (Å²) < 4.78 is 6.22. The standard InChI is InChI=1S/C19H29N3O.3ClH/c1-2-16(3-1)21-12-8-19(9-13-21)23-18-6-4-17(5-7-18)22-14-10-20-11-15-22;;;/h4-7,16,19-20H,1-3,8-15H2;3*1H. The second-order valence-electron chi connectivity index (χ2n) is 7.17. The van der Waals surface area contributed by atoms with Gasteiger partial charge in [0.1, 0.15) is 11.9 Å². The summed E-state index contributed by atoms with van der Waals surface area (Å²) >= 11 is 0. The van der Waals surface area contributed by atoms with Crippen LogP contribution in [-0.2, 0) is 0 Å². The monoisotopic (exact) mass is 423 g/mol. The molecule has 2 heterocycles. The van der Waals surface area contributed by atoms with E-state index >= 15 is 0 Å². The van der Waals surface area contributed by atoms with Crippen LogP contribution >= 0.6 is 37.2 Å². The van der Waals surface area contributed by atoms with Gasteiger partial charge in [0.15, 0.2) is 0 Å². The van der Waals surface area contributed by atoms with E-state index in [9.17, 15) is 0 Å². The smallest absolute Gasteiger partial charge is 0.119 e. The van der Waals surface area contributed by atoms with Crippen LogP contribution in [0.4, 0.5) is 5.69 Å². The van der Waals surface area contributed by atoms with Crippen LogP contribution in [0.15, 0.2) is 24.3 Å². The molecule has 1 aromatic rings. The number of hydrogen-bond acceptors (Lipinski definition) is 4. The molecule has 4 rings (SSSR count). The summed E-state index contributed by atoms with van der Waals surface area (Å²) in [6, 6.07) is 9.61. The SMILES string of the molecule is Cl.Cl.Cl.c1cc(N2CCNCC2)ccc1OC1CCN(C2CCC2)CC1. The number of nitrogens with zero attached hydrogens (tertiary/aromatic N) is 2. The molecule has 4 nitrogen and oxygen atoms in total. The third kappa shape index (κ3) is 5.80.